The summed E-state index contributed by atoms with van der Waals surface area (Å²) >= 11 is 8.97. The standard InChI is InChI=1S/C9H11BrClNO2S/c1-2-6-12-15(13,14)8-5-3-4-7(11)9(8)10/h3-5,12H,2,6H2,1H3. The van der Waals surface area contributed by atoms with Crippen LogP contribution in [0, 0.1) is 0 Å². The van der Waals surface area contributed by atoms with Crippen molar-refractivity contribution < 1.29 is 8.42 Å². The summed E-state index contributed by atoms with van der Waals surface area (Å²) in [5.41, 5.74) is 0. The molecule has 1 aromatic carbocycles. The number of hydrogen-bond donors (Lipinski definition) is 1. The molecule has 84 valence electrons. The molecule has 6 heteroatoms. The van der Waals surface area contributed by atoms with Crippen LogP contribution >= 0.6 is 27.5 Å². The van der Waals surface area contributed by atoms with Crippen molar-refractivity contribution in [2.75, 3.05) is 6.54 Å². The summed E-state index contributed by atoms with van der Waals surface area (Å²) in [5, 5.41) is 0.384. The van der Waals surface area contributed by atoms with Crippen LogP contribution in [0.25, 0.3) is 0 Å². The number of halogens is 2. The first-order valence-corrected chi connectivity index (χ1v) is 7.08. The van der Waals surface area contributed by atoms with Crippen molar-refractivity contribution in [2.24, 2.45) is 0 Å². The zero-order valence-corrected chi connectivity index (χ0v) is 11.3. The Morgan fingerprint density at radius 1 is 1.47 bits per heavy atom. The molecule has 0 radical (unpaired) electrons. The predicted molar refractivity (Wildman–Crippen MR) is 64.6 cm³/mol. The molecule has 3 nitrogen and oxygen atoms in total. The van der Waals surface area contributed by atoms with Crippen molar-refractivity contribution >= 4 is 37.6 Å². The largest absolute Gasteiger partial charge is 0.241 e. The van der Waals surface area contributed by atoms with Gasteiger partial charge in [-0.25, -0.2) is 13.1 Å². The van der Waals surface area contributed by atoms with Gasteiger partial charge in [0.1, 0.15) is 0 Å². The molecule has 0 bridgehead atoms. The molecular formula is C9H11BrClNO2S. The molecule has 0 aliphatic heterocycles. The van der Waals surface area contributed by atoms with Crippen molar-refractivity contribution in [3.05, 3.63) is 27.7 Å². The maximum absolute atomic E-state index is 11.8. The van der Waals surface area contributed by atoms with Gasteiger partial charge in [-0.3, -0.25) is 0 Å². The minimum absolute atomic E-state index is 0.170. The molecule has 0 saturated heterocycles. The molecule has 0 unspecified atom stereocenters. The molecule has 0 heterocycles. The van der Waals surface area contributed by atoms with E-state index in [9.17, 15) is 8.42 Å². The lowest BCUT2D eigenvalue weighted by Crippen LogP contribution is -2.24. The van der Waals surface area contributed by atoms with Crippen molar-refractivity contribution in [1.29, 1.82) is 0 Å². The Bertz CT molecular complexity index is 447. The third-order valence-electron chi connectivity index (χ3n) is 1.75. The fraction of sp³-hybridized carbons (Fsp3) is 0.333. The summed E-state index contributed by atoms with van der Waals surface area (Å²) in [6, 6.07) is 4.74. The first-order valence-electron chi connectivity index (χ1n) is 4.42. The summed E-state index contributed by atoms with van der Waals surface area (Å²) < 4.78 is 26.4. The molecule has 15 heavy (non-hydrogen) atoms. The molecule has 1 aromatic rings. The lowest BCUT2D eigenvalue weighted by molar-refractivity contribution is 0.580. The summed E-state index contributed by atoms with van der Waals surface area (Å²) in [5.74, 6) is 0. The second-order valence-corrected chi connectivity index (χ2v) is 5.89. The summed E-state index contributed by atoms with van der Waals surface area (Å²) in [6.45, 7) is 2.32. The monoisotopic (exact) mass is 311 g/mol. The van der Waals surface area contributed by atoms with Crippen LogP contribution < -0.4 is 4.72 Å². The number of nitrogens with one attached hydrogen (secondary N) is 1. The molecule has 0 fully saturated rings. The van der Waals surface area contributed by atoms with E-state index >= 15 is 0 Å². The van der Waals surface area contributed by atoms with E-state index < -0.39 is 10.0 Å². The smallest absolute Gasteiger partial charge is 0.211 e. The summed E-state index contributed by atoms with van der Waals surface area (Å²) in [6.07, 6.45) is 0.747. The van der Waals surface area contributed by atoms with Crippen LogP contribution in [-0.4, -0.2) is 15.0 Å². The lowest BCUT2D eigenvalue weighted by Gasteiger charge is -2.08. The van der Waals surface area contributed by atoms with E-state index in [-0.39, 0.29) is 4.90 Å². The number of rotatable bonds is 4. The Hall–Kier alpha value is -0.100. The minimum atomic E-state index is -3.46. The quantitative estimate of drug-likeness (QED) is 0.929. The number of hydrogen-bond acceptors (Lipinski definition) is 2. The minimum Gasteiger partial charge on any atom is -0.211 e. The van der Waals surface area contributed by atoms with Crippen molar-refractivity contribution in [2.45, 2.75) is 18.2 Å². The Morgan fingerprint density at radius 3 is 2.73 bits per heavy atom. The molecule has 0 aliphatic carbocycles. The van der Waals surface area contributed by atoms with Gasteiger partial charge in [-0.05, 0) is 34.5 Å². The fourth-order valence-electron chi connectivity index (χ4n) is 1.01. The van der Waals surface area contributed by atoms with Crippen molar-refractivity contribution in [3.63, 3.8) is 0 Å². The van der Waals surface area contributed by atoms with Gasteiger partial charge in [0, 0.05) is 6.54 Å². The highest BCUT2D eigenvalue weighted by Gasteiger charge is 2.17. The van der Waals surface area contributed by atoms with Gasteiger partial charge < -0.3 is 0 Å². The lowest BCUT2D eigenvalue weighted by atomic mass is 10.4. The summed E-state index contributed by atoms with van der Waals surface area (Å²) in [4.78, 5) is 0.170. The van der Waals surface area contributed by atoms with Gasteiger partial charge in [0.05, 0.1) is 14.4 Å². The zero-order chi connectivity index (χ0) is 11.5. The molecule has 0 aliphatic rings. The molecule has 0 aromatic heterocycles. The normalized spacial score (nSPS) is 11.7. The maximum atomic E-state index is 11.8. The topological polar surface area (TPSA) is 46.2 Å². The predicted octanol–water partition coefficient (Wildman–Crippen LogP) is 2.79. The van der Waals surface area contributed by atoms with Gasteiger partial charge in [0.2, 0.25) is 10.0 Å². The average Bonchev–Trinajstić information content (AvgIpc) is 2.19. The molecular weight excluding hydrogens is 302 g/mol. The van der Waals surface area contributed by atoms with Crippen molar-refractivity contribution in [1.82, 2.24) is 4.72 Å². The molecule has 0 spiro atoms. The van der Waals surface area contributed by atoms with Crippen LogP contribution in [-0.2, 0) is 10.0 Å². The van der Waals surface area contributed by atoms with E-state index in [4.69, 9.17) is 11.6 Å². The van der Waals surface area contributed by atoms with Gasteiger partial charge >= 0.3 is 0 Å². The van der Waals surface area contributed by atoms with E-state index in [0.29, 0.717) is 16.0 Å². The Morgan fingerprint density at radius 2 is 2.13 bits per heavy atom. The van der Waals surface area contributed by atoms with Crippen LogP contribution in [0.5, 0.6) is 0 Å². The fourth-order valence-corrected chi connectivity index (χ4v) is 3.37. The first-order chi connectivity index (χ1) is 6.99. The SMILES string of the molecule is CCCNS(=O)(=O)c1cccc(Cl)c1Br. The third kappa shape index (κ3) is 3.17. The average molecular weight is 313 g/mol. The van der Waals surface area contributed by atoms with Gasteiger partial charge in [0.15, 0.2) is 0 Å². The second-order valence-electron chi connectivity index (χ2n) is 2.95. The number of sulfonamides is 1. The Balaban J connectivity index is 3.10. The van der Waals surface area contributed by atoms with Gasteiger partial charge in [-0.1, -0.05) is 24.6 Å². The molecule has 1 N–H and O–H groups in total. The summed E-state index contributed by atoms with van der Waals surface area (Å²) in [7, 11) is -3.46. The molecule has 0 saturated carbocycles. The van der Waals surface area contributed by atoms with Gasteiger partial charge in [-0.15, -0.1) is 0 Å². The first kappa shape index (κ1) is 13.0. The van der Waals surface area contributed by atoms with Crippen LogP contribution in [0.2, 0.25) is 5.02 Å². The van der Waals surface area contributed by atoms with Crippen LogP contribution in [0.4, 0.5) is 0 Å². The van der Waals surface area contributed by atoms with Crippen LogP contribution in [0.3, 0.4) is 0 Å². The maximum Gasteiger partial charge on any atom is 0.241 e. The third-order valence-corrected chi connectivity index (χ3v) is 4.91. The van der Waals surface area contributed by atoms with E-state index in [0.717, 1.165) is 6.42 Å². The Kier molecular flexibility index (Phi) is 4.58. The molecule has 0 atom stereocenters. The van der Waals surface area contributed by atoms with Crippen LogP contribution in [0.1, 0.15) is 13.3 Å². The van der Waals surface area contributed by atoms with E-state index in [1.54, 1.807) is 12.1 Å². The highest BCUT2D eigenvalue weighted by molar-refractivity contribution is 9.10. The molecule has 0 amide bonds. The van der Waals surface area contributed by atoms with Crippen LogP contribution in [0.15, 0.2) is 27.6 Å². The van der Waals surface area contributed by atoms with Gasteiger partial charge in [0.25, 0.3) is 0 Å². The van der Waals surface area contributed by atoms with E-state index in [2.05, 4.69) is 20.7 Å². The van der Waals surface area contributed by atoms with E-state index in [1.165, 1.54) is 6.07 Å². The highest BCUT2D eigenvalue weighted by Crippen LogP contribution is 2.29. The van der Waals surface area contributed by atoms with Gasteiger partial charge in [-0.2, -0.15) is 0 Å². The highest BCUT2D eigenvalue weighted by atomic mass is 79.9. The molecule has 1 rings (SSSR count). The number of benzene rings is 1. The Labute approximate surface area is 103 Å². The zero-order valence-electron chi connectivity index (χ0n) is 8.13. The van der Waals surface area contributed by atoms with E-state index in [1.807, 2.05) is 6.92 Å². The second kappa shape index (κ2) is 5.30. The van der Waals surface area contributed by atoms with Crippen molar-refractivity contribution in [3.8, 4) is 0 Å².